The third kappa shape index (κ3) is 6.39. The Morgan fingerprint density at radius 1 is 1.11 bits per heavy atom. The molecule has 0 radical (unpaired) electrons. The smallest absolute Gasteiger partial charge is 0.387 e. The van der Waals surface area contributed by atoms with Gasteiger partial charge in [0.05, 0.1) is 6.61 Å². The molecule has 0 spiro atoms. The van der Waals surface area contributed by atoms with Gasteiger partial charge in [-0.1, -0.05) is 24.3 Å². The van der Waals surface area contributed by atoms with E-state index >= 15 is 0 Å². The topological polar surface area (TPSA) is 82.1 Å². The summed E-state index contributed by atoms with van der Waals surface area (Å²) < 4.78 is 39.6. The zero-order valence-corrected chi connectivity index (χ0v) is 14.9. The Bertz CT molecular complexity index is 864. The second kappa shape index (κ2) is 10.1. The molecule has 0 aliphatic carbocycles. The number of alkyl halides is 2. The van der Waals surface area contributed by atoms with Crippen LogP contribution in [0.2, 0.25) is 0 Å². The maximum Gasteiger partial charge on any atom is 0.387 e. The summed E-state index contributed by atoms with van der Waals surface area (Å²) in [5.41, 5.74) is 0.860. The maximum atomic E-state index is 12.4. The van der Waals surface area contributed by atoms with Crippen molar-refractivity contribution in [1.82, 2.24) is 0 Å². The number of carbonyl (C=O) groups excluding carboxylic acids is 1. The molecule has 0 aliphatic heterocycles. The van der Waals surface area contributed by atoms with Gasteiger partial charge in [0.25, 0.3) is 0 Å². The molecular formula is C20H18F2O6. The van der Waals surface area contributed by atoms with E-state index in [4.69, 9.17) is 14.6 Å². The molecule has 2 aromatic carbocycles. The van der Waals surface area contributed by atoms with Crippen molar-refractivity contribution >= 4 is 17.8 Å². The number of carbonyl (C=O) groups is 2. The molecule has 0 aromatic heterocycles. The number of hydrogen-bond acceptors (Lipinski definition) is 5. The van der Waals surface area contributed by atoms with Gasteiger partial charge in [-0.2, -0.15) is 8.78 Å². The lowest BCUT2D eigenvalue weighted by Gasteiger charge is -2.11. The lowest BCUT2D eigenvalue weighted by atomic mass is 10.1. The number of carboxylic acid groups (broad SMARTS) is 1. The van der Waals surface area contributed by atoms with Crippen molar-refractivity contribution in [2.75, 3.05) is 13.2 Å². The van der Waals surface area contributed by atoms with Crippen molar-refractivity contribution in [1.29, 1.82) is 0 Å². The fourth-order valence-corrected chi connectivity index (χ4v) is 2.24. The molecule has 0 heterocycles. The van der Waals surface area contributed by atoms with Crippen molar-refractivity contribution in [3.8, 4) is 17.2 Å². The van der Waals surface area contributed by atoms with Gasteiger partial charge in [0.1, 0.15) is 5.75 Å². The van der Waals surface area contributed by atoms with Crippen LogP contribution >= 0.6 is 0 Å². The fourth-order valence-electron chi connectivity index (χ4n) is 2.24. The van der Waals surface area contributed by atoms with Crippen molar-refractivity contribution in [3.05, 3.63) is 59.7 Å². The van der Waals surface area contributed by atoms with Crippen LogP contribution in [0.25, 0.3) is 6.08 Å². The molecule has 0 unspecified atom stereocenters. The normalized spacial score (nSPS) is 10.9. The van der Waals surface area contributed by atoms with Crippen LogP contribution < -0.4 is 14.2 Å². The molecule has 0 saturated heterocycles. The number of benzene rings is 2. The number of halogens is 2. The Morgan fingerprint density at radius 2 is 1.89 bits per heavy atom. The molecule has 0 fully saturated rings. The van der Waals surface area contributed by atoms with E-state index in [2.05, 4.69) is 4.74 Å². The SMILES string of the molecule is CCOc1cc(/C=C/C(=O)c2cccc(OCC(=O)O)c2)ccc1OC(F)F. The first-order chi connectivity index (χ1) is 13.4. The molecular weight excluding hydrogens is 374 g/mol. The Labute approximate surface area is 160 Å². The zero-order valence-electron chi connectivity index (χ0n) is 14.9. The van der Waals surface area contributed by atoms with Gasteiger partial charge in [0, 0.05) is 5.56 Å². The van der Waals surface area contributed by atoms with Gasteiger partial charge in [-0.05, 0) is 42.8 Å². The number of carboxylic acids is 1. The van der Waals surface area contributed by atoms with Crippen LogP contribution in [0.5, 0.6) is 17.2 Å². The van der Waals surface area contributed by atoms with E-state index in [1.54, 1.807) is 25.1 Å². The lowest BCUT2D eigenvalue weighted by Crippen LogP contribution is -2.09. The highest BCUT2D eigenvalue weighted by Gasteiger charge is 2.11. The molecule has 0 saturated carbocycles. The summed E-state index contributed by atoms with van der Waals surface area (Å²) in [6.45, 7) is -1.52. The number of aliphatic carboxylic acids is 1. The minimum Gasteiger partial charge on any atom is -0.490 e. The molecule has 8 heteroatoms. The van der Waals surface area contributed by atoms with E-state index in [1.165, 1.54) is 36.4 Å². The third-order valence-electron chi connectivity index (χ3n) is 3.39. The first-order valence-electron chi connectivity index (χ1n) is 8.27. The highest BCUT2D eigenvalue weighted by atomic mass is 19.3. The number of ketones is 1. The Morgan fingerprint density at radius 3 is 2.57 bits per heavy atom. The van der Waals surface area contributed by atoms with Gasteiger partial charge >= 0.3 is 12.6 Å². The maximum absolute atomic E-state index is 12.4. The quantitative estimate of drug-likeness (QED) is 0.485. The average Bonchev–Trinajstić information content (AvgIpc) is 2.66. The van der Waals surface area contributed by atoms with Crippen LogP contribution in [-0.4, -0.2) is 36.7 Å². The van der Waals surface area contributed by atoms with Crippen LogP contribution in [0.15, 0.2) is 48.5 Å². The molecule has 1 N–H and O–H groups in total. The van der Waals surface area contributed by atoms with Gasteiger partial charge < -0.3 is 19.3 Å². The monoisotopic (exact) mass is 392 g/mol. The lowest BCUT2D eigenvalue weighted by molar-refractivity contribution is -0.139. The molecule has 0 atom stereocenters. The van der Waals surface area contributed by atoms with Gasteiger partial charge in [-0.25, -0.2) is 4.79 Å². The van der Waals surface area contributed by atoms with E-state index in [9.17, 15) is 18.4 Å². The number of hydrogen-bond donors (Lipinski definition) is 1. The van der Waals surface area contributed by atoms with Crippen molar-refractivity contribution in [3.63, 3.8) is 0 Å². The molecule has 2 aromatic rings. The fraction of sp³-hybridized carbons (Fsp3) is 0.200. The van der Waals surface area contributed by atoms with Crippen molar-refractivity contribution < 1.29 is 37.7 Å². The van der Waals surface area contributed by atoms with Crippen molar-refractivity contribution in [2.24, 2.45) is 0 Å². The largest absolute Gasteiger partial charge is 0.490 e. The standard InChI is InChI=1S/C20H18F2O6/c1-2-26-18-10-13(7-9-17(18)28-20(21)22)6-8-16(23)14-4-3-5-15(11-14)27-12-19(24)25/h3-11,20H,2,12H2,1H3,(H,24,25)/b8-6+. The van der Waals surface area contributed by atoms with E-state index in [0.717, 1.165) is 0 Å². The second-order valence-corrected chi connectivity index (χ2v) is 5.43. The number of ether oxygens (including phenoxy) is 3. The average molecular weight is 392 g/mol. The van der Waals surface area contributed by atoms with E-state index in [-0.39, 0.29) is 29.6 Å². The predicted molar refractivity (Wildman–Crippen MR) is 97.2 cm³/mol. The molecule has 6 nitrogen and oxygen atoms in total. The molecule has 148 valence electrons. The highest BCUT2D eigenvalue weighted by molar-refractivity contribution is 6.07. The molecule has 28 heavy (non-hydrogen) atoms. The van der Waals surface area contributed by atoms with Crippen LogP contribution in [-0.2, 0) is 4.79 Å². The van der Waals surface area contributed by atoms with E-state index < -0.39 is 19.2 Å². The second-order valence-electron chi connectivity index (χ2n) is 5.43. The summed E-state index contributed by atoms with van der Waals surface area (Å²) in [6, 6.07) is 10.4. The molecule has 2 rings (SSSR count). The van der Waals surface area contributed by atoms with Gasteiger partial charge in [-0.15, -0.1) is 0 Å². The molecule has 0 bridgehead atoms. The van der Waals surface area contributed by atoms with Crippen molar-refractivity contribution in [2.45, 2.75) is 13.5 Å². The Balaban J connectivity index is 2.14. The Kier molecular flexibility index (Phi) is 7.50. The van der Waals surface area contributed by atoms with Gasteiger partial charge in [0.2, 0.25) is 0 Å². The summed E-state index contributed by atoms with van der Waals surface area (Å²) in [4.78, 5) is 22.9. The van der Waals surface area contributed by atoms with Gasteiger partial charge in [-0.3, -0.25) is 4.79 Å². The summed E-state index contributed by atoms with van der Waals surface area (Å²) in [5, 5.41) is 8.63. The molecule has 0 amide bonds. The summed E-state index contributed by atoms with van der Waals surface area (Å²) >= 11 is 0. The van der Waals surface area contributed by atoms with Gasteiger partial charge in [0.15, 0.2) is 23.9 Å². The number of allylic oxidation sites excluding steroid dienone is 1. The first kappa shape index (κ1) is 20.9. The first-order valence-corrected chi connectivity index (χ1v) is 8.27. The minimum absolute atomic E-state index is 0.0939. The summed E-state index contributed by atoms with van der Waals surface area (Å²) in [7, 11) is 0. The third-order valence-corrected chi connectivity index (χ3v) is 3.39. The summed E-state index contributed by atoms with van der Waals surface area (Å²) in [5.74, 6) is -1.16. The van der Waals surface area contributed by atoms with Crippen LogP contribution in [0.1, 0.15) is 22.8 Å². The van der Waals surface area contributed by atoms with Crippen LogP contribution in [0.3, 0.4) is 0 Å². The Hall–Kier alpha value is -3.42. The molecule has 0 aliphatic rings. The van der Waals surface area contributed by atoms with E-state index in [0.29, 0.717) is 11.1 Å². The highest BCUT2D eigenvalue weighted by Crippen LogP contribution is 2.30. The predicted octanol–water partition coefficient (Wildman–Crippen LogP) is 4.05. The zero-order chi connectivity index (χ0) is 20.5. The number of rotatable bonds is 10. The van der Waals surface area contributed by atoms with Crippen LogP contribution in [0, 0.1) is 0 Å². The summed E-state index contributed by atoms with van der Waals surface area (Å²) in [6.07, 6.45) is 2.80. The minimum atomic E-state index is -2.97. The van der Waals surface area contributed by atoms with E-state index in [1.807, 2.05) is 0 Å². The van der Waals surface area contributed by atoms with Crippen LogP contribution in [0.4, 0.5) is 8.78 Å².